The number of pyridine rings is 2. The standard InChI is InChI=1S/C18H23B3N6O/c19-18(20,21)27-10-14(9-24-27)15-5-12-6-16(23-8-13(12)7-22-15)25-17(28)11-26-3-1-2-4-26/h5-10H,1-4,11,19-21H2,(H,23,25,28). The summed E-state index contributed by atoms with van der Waals surface area (Å²) in [6, 6.07) is 3.91. The summed E-state index contributed by atoms with van der Waals surface area (Å²) in [5.74, 6) is 0.550. The van der Waals surface area contributed by atoms with E-state index < -0.39 is 0 Å². The van der Waals surface area contributed by atoms with Gasteiger partial charge in [-0.2, -0.15) is 5.10 Å². The molecule has 0 aromatic carbocycles. The van der Waals surface area contributed by atoms with Gasteiger partial charge in [0.25, 0.3) is 0 Å². The van der Waals surface area contributed by atoms with Crippen LogP contribution in [0.4, 0.5) is 5.82 Å². The third-order valence-electron chi connectivity index (χ3n) is 5.00. The highest BCUT2D eigenvalue weighted by molar-refractivity contribution is 6.56. The van der Waals surface area contributed by atoms with Crippen LogP contribution in [0.25, 0.3) is 22.0 Å². The predicted molar refractivity (Wildman–Crippen MR) is 119 cm³/mol. The maximum Gasteiger partial charge on any atom is 0.239 e. The van der Waals surface area contributed by atoms with E-state index in [1.54, 1.807) is 6.20 Å². The van der Waals surface area contributed by atoms with E-state index in [1.165, 1.54) is 12.8 Å². The molecule has 0 aliphatic carbocycles. The lowest BCUT2D eigenvalue weighted by Gasteiger charge is -2.18. The number of aromatic nitrogens is 4. The average molecular weight is 372 g/mol. The molecule has 0 saturated carbocycles. The van der Waals surface area contributed by atoms with Crippen molar-refractivity contribution in [2.45, 2.75) is 18.1 Å². The van der Waals surface area contributed by atoms with Gasteiger partial charge in [-0.25, -0.2) is 4.98 Å². The van der Waals surface area contributed by atoms with Gasteiger partial charge in [-0.15, -0.1) is 0 Å². The Morgan fingerprint density at radius 1 is 1.07 bits per heavy atom. The molecule has 1 saturated heterocycles. The predicted octanol–water partition coefficient (Wildman–Crippen LogP) is -1.01. The van der Waals surface area contributed by atoms with E-state index in [9.17, 15) is 4.79 Å². The van der Waals surface area contributed by atoms with Gasteiger partial charge in [0.05, 0.1) is 18.4 Å². The summed E-state index contributed by atoms with van der Waals surface area (Å²) in [6.45, 7) is 2.42. The Labute approximate surface area is 167 Å². The van der Waals surface area contributed by atoms with Crippen molar-refractivity contribution in [1.29, 1.82) is 0 Å². The lowest BCUT2D eigenvalue weighted by atomic mass is 9.49. The molecule has 1 N–H and O–H groups in total. The molecule has 0 atom stereocenters. The maximum atomic E-state index is 12.3. The second-order valence-corrected chi connectivity index (χ2v) is 8.36. The molecule has 0 spiro atoms. The molecule has 4 heterocycles. The number of nitrogens with one attached hydrogen (secondary N) is 1. The fourth-order valence-electron chi connectivity index (χ4n) is 3.41. The van der Waals surface area contributed by atoms with E-state index in [0.717, 1.165) is 35.1 Å². The van der Waals surface area contributed by atoms with E-state index in [-0.39, 0.29) is 11.1 Å². The number of amides is 1. The lowest BCUT2D eigenvalue weighted by molar-refractivity contribution is -0.117. The highest BCUT2D eigenvalue weighted by Gasteiger charge is 2.17. The molecule has 7 nitrogen and oxygen atoms in total. The number of likely N-dealkylation sites (tertiary alicyclic amines) is 1. The maximum absolute atomic E-state index is 12.3. The molecule has 1 aliphatic heterocycles. The van der Waals surface area contributed by atoms with E-state index in [0.29, 0.717) is 12.4 Å². The SMILES string of the molecule is BC(B)(B)n1cc(-c2cc3cc(NC(=O)CN4CCCC4)ncc3cn2)cn1. The molecule has 1 fully saturated rings. The number of fused-ring (bicyclic) bond motifs is 1. The summed E-state index contributed by atoms with van der Waals surface area (Å²) >= 11 is 0. The van der Waals surface area contributed by atoms with Crippen molar-refractivity contribution < 1.29 is 4.79 Å². The van der Waals surface area contributed by atoms with Crippen LogP contribution in [0.5, 0.6) is 0 Å². The van der Waals surface area contributed by atoms with Crippen LogP contribution >= 0.6 is 0 Å². The van der Waals surface area contributed by atoms with Crippen molar-refractivity contribution in [3.8, 4) is 11.3 Å². The van der Waals surface area contributed by atoms with E-state index in [1.807, 2.05) is 35.4 Å². The molecular formula is C18H23B3N6O. The summed E-state index contributed by atoms with van der Waals surface area (Å²) in [4.78, 5) is 23.3. The van der Waals surface area contributed by atoms with Crippen LogP contribution in [-0.2, 0) is 10.0 Å². The van der Waals surface area contributed by atoms with Crippen molar-refractivity contribution in [1.82, 2.24) is 24.6 Å². The van der Waals surface area contributed by atoms with Gasteiger partial charge in [0.1, 0.15) is 29.4 Å². The molecule has 3 aromatic heterocycles. The zero-order valence-corrected chi connectivity index (χ0v) is 16.6. The first kappa shape index (κ1) is 18.7. The minimum absolute atomic E-state index is 0.0190. The van der Waals surface area contributed by atoms with Gasteiger partial charge in [0, 0.05) is 29.5 Å². The smallest absolute Gasteiger partial charge is 0.239 e. The first-order valence-electron chi connectivity index (χ1n) is 9.72. The number of anilines is 1. The molecule has 0 unspecified atom stereocenters. The van der Waals surface area contributed by atoms with Crippen LogP contribution in [0.2, 0.25) is 0 Å². The molecule has 0 bridgehead atoms. The van der Waals surface area contributed by atoms with Crippen molar-refractivity contribution in [3.05, 3.63) is 36.9 Å². The Hall–Kier alpha value is -2.61. The van der Waals surface area contributed by atoms with Gasteiger partial charge in [0.15, 0.2) is 0 Å². The van der Waals surface area contributed by atoms with Gasteiger partial charge >= 0.3 is 0 Å². The highest BCUT2D eigenvalue weighted by Crippen LogP contribution is 2.23. The van der Waals surface area contributed by atoms with Gasteiger partial charge in [-0.05, 0) is 48.7 Å². The number of hydrogen-bond donors (Lipinski definition) is 1. The minimum Gasteiger partial charge on any atom is -0.310 e. The minimum atomic E-state index is -0.0776. The van der Waals surface area contributed by atoms with Crippen LogP contribution in [0.3, 0.4) is 0 Å². The molecule has 28 heavy (non-hydrogen) atoms. The molecule has 140 valence electrons. The first-order valence-corrected chi connectivity index (χ1v) is 9.72. The highest BCUT2D eigenvalue weighted by atomic mass is 16.2. The summed E-state index contributed by atoms with van der Waals surface area (Å²) in [6.07, 6.45) is 9.73. The topological polar surface area (TPSA) is 75.9 Å². The van der Waals surface area contributed by atoms with Crippen LogP contribution in [0, 0.1) is 0 Å². The number of nitrogens with zero attached hydrogens (tertiary/aromatic N) is 5. The zero-order valence-electron chi connectivity index (χ0n) is 16.6. The molecule has 10 heteroatoms. The second kappa shape index (κ2) is 7.43. The molecule has 1 aliphatic rings. The van der Waals surface area contributed by atoms with Crippen LogP contribution < -0.4 is 5.32 Å². The van der Waals surface area contributed by atoms with Crippen molar-refractivity contribution in [2.24, 2.45) is 0 Å². The van der Waals surface area contributed by atoms with Gasteiger partial charge < -0.3 is 5.32 Å². The summed E-state index contributed by atoms with van der Waals surface area (Å²) in [7, 11) is 6.33. The normalized spacial score (nSPS) is 15.1. The summed E-state index contributed by atoms with van der Waals surface area (Å²) in [5.41, 5.74) is 1.82. The molecule has 3 aromatic rings. The first-order chi connectivity index (χ1) is 13.4. The molecule has 1 amide bonds. The van der Waals surface area contributed by atoms with Gasteiger partial charge in [0.2, 0.25) is 5.91 Å². The largest absolute Gasteiger partial charge is 0.310 e. The van der Waals surface area contributed by atoms with Crippen molar-refractivity contribution in [2.75, 3.05) is 25.0 Å². The number of carbonyl (C=O) groups excluding carboxylic acids is 1. The zero-order chi connectivity index (χ0) is 19.7. The van der Waals surface area contributed by atoms with E-state index in [4.69, 9.17) is 0 Å². The van der Waals surface area contributed by atoms with Gasteiger partial charge in [-0.1, -0.05) is 0 Å². The molecule has 0 radical (unpaired) electrons. The number of carbonyl (C=O) groups is 1. The van der Waals surface area contributed by atoms with Crippen molar-refractivity contribution in [3.63, 3.8) is 0 Å². The third kappa shape index (κ3) is 4.12. The summed E-state index contributed by atoms with van der Waals surface area (Å²) in [5, 5.41) is 9.21. The fraction of sp³-hybridized carbons (Fsp3) is 0.333. The van der Waals surface area contributed by atoms with E-state index in [2.05, 4.69) is 48.8 Å². The van der Waals surface area contributed by atoms with Crippen molar-refractivity contribution >= 4 is 46.0 Å². The molecular weight excluding hydrogens is 349 g/mol. The second-order valence-electron chi connectivity index (χ2n) is 8.36. The van der Waals surface area contributed by atoms with Crippen LogP contribution in [0.15, 0.2) is 36.9 Å². The lowest BCUT2D eigenvalue weighted by Crippen LogP contribution is -2.35. The number of hydrogen-bond acceptors (Lipinski definition) is 5. The Kier molecular flexibility index (Phi) is 4.97. The number of rotatable bonds is 5. The Balaban J connectivity index is 1.55. The fourth-order valence-corrected chi connectivity index (χ4v) is 3.41. The van der Waals surface area contributed by atoms with Crippen LogP contribution in [-0.4, -0.2) is 73.7 Å². The van der Waals surface area contributed by atoms with Crippen LogP contribution in [0.1, 0.15) is 12.8 Å². The monoisotopic (exact) mass is 372 g/mol. The quantitative estimate of drug-likeness (QED) is 0.582. The third-order valence-corrected chi connectivity index (χ3v) is 5.00. The average Bonchev–Trinajstić information content (AvgIpc) is 3.32. The Morgan fingerprint density at radius 2 is 1.82 bits per heavy atom. The summed E-state index contributed by atoms with van der Waals surface area (Å²) < 4.78 is 1.94. The van der Waals surface area contributed by atoms with Gasteiger partial charge in [-0.3, -0.25) is 19.4 Å². The Morgan fingerprint density at radius 3 is 2.54 bits per heavy atom. The Bertz CT molecular complexity index is 1010. The molecule has 4 rings (SSSR count). The van der Waals surface area contributed by atoms with E-state index >= 15 is 0 Å².